The standard InChI is InChI=1S/C8H10N4OS/c1-13-7-2-10-12(4-7)3-6-5-14-8(9)11-6/h2,4-5H,3H2,1H3,(H2,9,11). The number of rotatable bonds is 3. The summed E-state index contributed by atoms with van der Waals surface area (Å²) in [5, 5.41) is 6.61. The van der Waals surface area contributed by atoms with E-state index in [-0.39, 0.29) is 0 Å². The lowest BCUT2D eigenvalue weighted by molar-refractivity contribution is 0.414. The van der Waals surface area contributed by atoms with Crippen molar-refractivity contribution >= 4 is 16.5 Å². The molecule has 2 rings (SSSR count). The van der Waals surface area contributed by atoms with Gasteiger partial charge in [-0.15, -0.1) is 11.3 Å². The molecule has 2 aromatic heterocycles. The molecule has 0 aromatic carbocycles. The first-order chi connectivity index (χ1) is 6.78. The van der Waals surface area contributed by atoms with Gasteiger partial charge in [0.15, 0.2) is 10.9 Å². The summed E-state index contributed by atoms with van der Waals surface area (Å²) in [6, 6.07) is 0. The third-order valence-electron chi connectivity index (χ3n) is 1.74. The van der Waals surface area contributed by atoms with Gasteiger partial charge in [-0.25, -0.2) is 4.98 Å². The molecule has 0 fully saturated rings. The van der Waals surface area contributed by atoms with Crippen LogP contribution in [0.1, 0.15) is 5.69 Å². The Hall–Kier alpha value is -1.56. The van der Waals surface area contributed by atoms with Crippen LogP contribution in [0, 0.1) is 0 Å². The maximum Gasteiger partial charge on any atom is 0.180 e. The highest BCUT2D eigenvalue weighted by Gasteiger charge is 2.02. The largest absolute Gasteiger partial charge is 0.493 e. The van der Waals surface area contributed by atoms with Gasteiger partial charge >= 0.3 is 0 Å². The van der Waals surface area contributed by atoms with E-state index >= 15 is 0 Å². The minimum Gasteiger partial charge on any atom is -0.493 e. The summed E-state index contributed by atoms with van der Waals surface area (Å²) in [5.41, 5.74) is 6.43. The molecule has 0 amide bonds. The highest BCUT2D eigenvalue weighted by Crippen LogP contribution is 2.13. The van der Waals surface area contributed by atoms with Crippen LogP contribution in [0.25, 0.3) is 0 Å². The molecule has 14 heavy (non-hydrogen) atoms. The van der Waals surface area contributed by atoms with Crippen LogP contribution in [-0.4, -0.2) is 21.9 Å². The smallest absolute Gasteiger partial charge is 0.180 e. The molecule has 2 N–H and O–H groups in total. The van der Waals surface area contributed by atoms with Crippen molar-refractivity contribution in [3.8, 4) is 5.75 Å². The molecule has 0 bridgehead atoms. The fourth-order valence-corrected chi connectivity index (χ4v) is 1.65. The SMILES string of the molecule is COc1cnn(Cc2csc(N)n2)c1. The molecule has 0 aliphatic carbocycles. The molecule has 0 aliphatic rings. The van der Waals surface area contributed by atoms with Crippen LogP contribution in [0.5, 0.6) is 5.75 Å². The van der Waals surface area contributed by atoms with E-state index in [9.17, 15) is 0 Å². The van der Waals surface area contributed by atoms with Gasteiger partial charge in [-0.3, -0.25) is 4.68 Å². The van der Waals surface area contributed by atoms with E-state index in [4.69, 9.17) is 10.5 Å². The first-order valence-corrected chi connectivity index (χ1v) is 4.92. The van der Waals surface area contributed by atoms with Crippen molar-refractivity contribution in [3.63, 3.8) is 0 Å². The van der Waals surface area contributed by atoms with E-state index < -0.39 is 0 Å². The summed E-state index contributed by atoms with van der Waals surface area (Å²) in [7, 11) is 1.61. The Morgan fingerprint density at radius 1 is 1.64 bits per heavy atom. The van der Waals surface area contributed by atoms with Crippen molar-refractivity contribution in [1.29, 1.82) is 0 Å². The second kappa shape index (κ2) is 3.67. The van der Waals surface area contributed by atoms with Crippen molar-refractivity contribution in [1.82, 2.24) is 14.8 Å². The average Bonchev–Trinajstić information content (AvgIpc) is 2.76. The van der Waals surface area contributed by atoms with Crippen LogP contribution < -0.4 is 10.5 Å². The predicted octanol–water partition coefficient (Wildman–Crippen LogP) is 0.979. The van der Waals surface area contributed by atoms with E-state index in [1.807, 2.05) is 11.6 Å². The van der Waals surface area contributed by atoms with E-state index in [1.54, 1.807) is 18.0 Å². The number of nitrogens with zero attached hydrogens (tertiary/aromatic N) is 3. The number of nitrogens with two attached hydrogens (primary N) is 1. The number of anilines is 1. The molecule has 0 saturated heterocycles. The quantitative estimate of drug-likeness (QED) is 0.820. The molecule has 0 unspecified atom stereocenters. The van der Waals surface area contributed by atoms with E-state index in [0.717, 1.165) is 11.4 Å². The number of aromatic nitrogens is 3. The van der Waals surface area contributed by atoms with Crippen molar-refractivity contribution in [2.75, 3.05) is 12.8 Å². The minimum absolute atomic E-state index is 0.583. The molecular weight excluding hydrogens is 200 g/mol. The Balaban J connectivity index is 2.10. The molecule has 0 atom stereocenters. The lowest BCUT2D eigenvalue weighted by Crippen LogP contribution is -2.00. The highest BCUT2D eigenvalue weighted by molar-refractivity contribution is 7.13. The zero-order valence-corrected chi connectivity index (χ0v) is 8.49. The van der Waals surface area contributed by atoms with Gasteiger partial charge in [0.05, 0.1) is 31.7 Å². The molecule has 0 radical (unpaired) electrons. The van der Waals surface area contributed by atoms with Crippen LogP contribution in [0.4, 0.5) is 5.13 Å². The molecule has 0 aliphatic heterocycles. The molecule has 0 spiro atoms. The number of thiazole rings is 1. The topological polar surface area (TPSA) is 66.0 Å². The Labute approximate surface area is 85.1 Å². The van der Waals surface area contributed by atoms with Crippen LogP contribution in [0.2, 0.25) is 0 Å². The maximum atomic E-state index is 5.52. The van der Waals surface area contributed by atoms with Gasteiger partial charge in [-0.05, 0) is 0 Å². The van der Waals surface area contributed by atoms with Crippen molar-refractivity contribution in [3.05, 3.63) is 23.5 Å². The van der Waals surface area contributed by atoms with E-state index in [1.165, 1.54) is 11.3 Å². The van der Waals surface area contributed by atoms with Gasteiger partial charge in [0.25, 0.3) is 0 Å². The molecule has 6 heteroatoms. The van der Waals surface area contributed by atoms with Gasteiger partial charge in [0.2, 0.25) is 0 Å². The van der Waals surface area contributed by atoms with Gasteiger partial charge in [-0.1, -0.05) is 0 Å². The number of hydrogen-bond acceptors (Lipinski definition) is 5. The second-order valence-electron chi connectivity index (χ2n) is 2.75. The number of nitrogen functional groups attached to an aromatic ring is 1. The average molecular weight is 210 g/mol. The van der Waals surface area contributed by atoms with Crippen LogP contribution >= 0.6 is 11.3 Å². The summed E-state index contributed by atoms with van der Waals surface area (Å²) >= 11 is 1.43. The summed E-state index contributed by atoms with van der Waals surface area (Å²) in [4.78, 5) is 4.14. The van der Waals surface area contributed by atoms with Gasteiger partial charge in [0.1, 0.15) is 0 Å². The third-order valence-corrected chi connectivity index (χ3v) is 2.46. The van der Waals surface area contributed by atoms with Crippen molar-refractivity contribution in [2.45, 2.75) is 6.54 Å². The lowest BCUT2D eigenvalue weighted by Gasteiger charge is -1.95. The maximum absolute atomic E-state index is 5.52. The van der Waals surface area contributed by atoms with Crippen molar-refractivity contribution < 1.29 is 4.74 Å². The van der Waals surface area contributed by atoms with Gasteiger partial charge in [-0.2, -0.15) is 5.10 Å². The van der Waals surface area contributed by atoms with Crippen LogP contribution in [-0.2, 0) is 6.54 Å². The van der Waals surface area contributed by atoms with Gasteiger partial charge in [0, 0.05) is 5.38 Å². The molecule has 5 nitrogen and oxygen atoms in total. The Morgan fingerprint density at radius 2 is 2.50 bits per heavy atom. The molecule has 2 heterocycles. The zero-order chi connectivity index (χ0) is 9.97. The predicted molar refractivity (Wildman–Crippen MR) is 54.4 cm³/mol. The zero-order valence-electron chi connectivity index (χ0n) is 7.67. The Morgan fingerprint density at radius 3 is 3.07 bits per heavy atom. The first kappa shape index (κ1) is 9.01. The summed E-state index contributed by atoms with van der Waals surface area (Å²) in [6.45, 7) is 0.622. The van der Waals surface area contributed by atoms with Crippen molar-refractivity contribution in [2.24, 2.45) is 0 Å². The molecule has 2 aromatic rings. The first-order valence-electron chi connectivity index (χ1n) is 4.04. The summed E-state index contributed by atoms with van der Waals surface area (Å²) in [5.74, 6) is 0.744. The van der Waals surface area contributed by atoms with E-state index in [0.29, 0.717) is 11.7 Å². The fourth-order valence-electron chi connectivity index (χ4n) is 1.10. The Bertz CT molecular complexity index is 422. The lowest BCUT2D eigenvalue weighted by atomic mass is 10.5. The van der Waals surface area contributed by atoms with Crippen LogP contribution in [0.15, 0.2) is 17.8 Å². The number of methoxy groups -OCH3 is 1. The van der Waals surface area contributed by atoms with E-state index in [2.05, 4.69) is 10.1 Å². The van der Waals surface area contributed by atoms with Crippen LogP contribution in [0.3, 0.4) is 0 Å². The Kier molecular flexibility index (Phi) is 2.36. The monoisotopic (exact) mass is 210 g/mol. The molecule has 74 valence electrons. The highest BCUT2D eigenvalue weighted by atomic mass is 32.1. The third kappa shape index (κ3) is 1.85. The fraction of sp³-hybridized carbons (Fsp3) is 0.250. The molecular formula is C8H10N4OS. The second-order valence-corrected chi connectivity index (χ2v) is 3.64. The van der Waals surface area contributed by atoms with Gasteiger partial charge < -0.3 is 10.5 Å². The molecule has 0 saturated carbocycles. The normalized spacial score (nSPS) is 10.4. The summed E-state index contributed by atoms with van der Waals surface area (Å²) in [6.07, 6.45) is 3.48. The summed E-state index contributed by atoms with van der Waals surface area (Å²) < 4.78 is 6.77. The number of ether oxygens (including phenoxy) is 1. The number of hydrogen-bond donors (Lipinski definition) is 1. The minimum atomic E-state index is 0.583.